The van der Waals surface area contributed by atoms with Crippen LogP contribution in [-0.2, 0) is 0 Å². The van der Waals surface area contributed by atoms with Crippen molar-refractivity contribution in [3.05, 3.63) is 0 Å². The molecule has 1 atom stereocenters. The van der Waals surface area contributed by atoms with Crippen molar-refractivity contribution in [2.24, 2.45) is 5.41 Å². The van der Waals surface area contributed by atoms with E-state index in [-0.39, 0.29) is 0 Å². The number of hydrogen-bond donors (Lipinski definition) is 1. The SMILES string of the molecule is CCCCCCCC(CC(C)(C)C)NCC. The van der Waals surface area contributed by atoms with Gasteiger partial charge in [0.05, 0.1) is 0 Å². The smallest absolute Gasteiger partial charge is 0.00719 e. The molecule has 1 unspecified atom stereocenters. The summed E-state index contributed by atoms with van der Waals surface area (Å²) in [4.78, 5) is 0. The first-order chi connectivity index (χ1) is 7.49. The molecule has 0 bridgehead atoms. The lowest BCUT2D eigenvalue weighted by molar-refractivity contribution is 0.296. The minimum Gasteiger partial charge on any atom is -0.314 e. The highest BCUT2D eigenvalue weighted by molar-refractivity contribution is 4.74. The molecule has 0 aliphatic carbocycles. The Hall–Kier alpha value is -0.0400. The normalized spacial score (nSPS) is 14.1. The molecule has 0 aromatic heterocycles. The first-order valence-corrected chi connectivity index (χ1v) is 7.23. The van der Waals surface area contributed by atoms with Crippen LogP contribution in [0.1, 0.15) is 79.6 Å². The van der Waals surface area contributed by atoms with Crippen LogP contribution in [0.4, 0.5) is 0 Å². The van der Waals surface area contributed by atoms with Gasteiger partial charge in [-0.15, -0.1) is 0 Å². The quantitative estimate of drug-likeness (QED) is 0.560. The molecule has 0 aliphatic heterocycles. The van der Waals surface area contributed by atoms with Crippen molar-refractivity contribution < 1.29 is 0 Å². The van der Waals surface area contributed by atoms with E-state index in [4.69, 9.17) is 0 Å². The van der Waals surface area contributed by atoms with Crippen LogP contribution in [-0.4, -0.2) is 12.6 Å². The van der Waals surface area contributed by atoms with Gasteiger partial charge in [-0.25, -0.2) is 0 Å². The molecule has 1 nitrogen and oxygen atoms in total. The Balaban J connectivity index is 3.68. The molecule has 0 amide bonds. The van der Waals surface area contributed by atoms with E-state index >= 15 is 0 Å². The summed E-state index contributed by atoms with van der Waals surface area (Å²) in [5, 5.41) is 3.63. The van der Waals surface area contributed by atoms with Crippen LogP contribution in [0.2, 0.25) is 0 Å². The van der Waals surface area contributed by atoms with Crippen LogP contribution in [0.15, 0.2) is 0 Å². The molecule has 1 heteroatoms. The molecule has 0 aromatic rings. The molecule has 0 fully saturated rings. The Labute approximate surface area is 103 Å². The largest absolute Gasteiger partial charge is 0.314 e. The average Bonchev–Trinajstić information content (AvgIpc) is 2.15. The highest BCUT2D eigenvalue weighted by atomic mass is 14.9. The van der Waals surface area contributed by atoms with Crippen LogP contribution in [0.5, 0.6) is 0 Å². The molecule has 16 heavy (non-hydrogen) atoms. The Morgan fingerprint density at radius 2 is 1.56 bits per heavy atom. The van der Waals surface area contributed by atoms with Crippen molar-refractivity contribution in [3.8, 4) is 0 Å². The summed E-state index contributed by atoms with van der Waals surface area (Å²) in [5.41, 5.74) is 0.455. The lowest BCUT2D eigenvalue weighted by Crippen LogP contribution is -2.32. The average molecular weight is 227 g/mol. The lowest BCUT2D eigenvalue weighted by Gasteiger charge is -2.26. The van der Waals surface area contributed by atoms with Crippen molar-refractivity contribution >= 4 is 0 Å². The summed E-state index contributed by atoms with van der Waals surface area (Å²) in [7, 11) is 0. The predicted octanol–water partition coefficient (Wildman–Crippen LogP) is 4.76. The molecule has 0 saturated carbocycles. The molecule has 98 valence electrons. The van der Waals surface area contributed by atoms with Gasteiger partial charge in [-0.2, -0.15) is 0 Å². The van der Waals surface area contributed by atoms with Crippen molar-refractivity contribution in [2.75, 3.05) is 6.54 Å². The van der Waals surface area contributed by atoms with E-state index in [9.17, 15) is 0 Å². The van der Waals surface area contributed by atoms with Crippen LogP contribution >= 0.6 is 0 Å². The molecular weight excluding hydrogens is 194 g/mol. The van der Waals surface area contributed by atoms with E-state index in [0.29, 0.717) is 5.41 Å². The Bertz CT molecular complexity index is 146. The first-order valence-electron chi connectivity index (χ1n) is 7.23. The van der Waals surface area contributed by atoms with Crippen LogP contribution in [0.3, 0.4) is 0 Å². The molecule has 0 rings (SSSR count). The second-order valence-electron chi connectivity index (χ2n) is 6.22. The zero-order valence-corrected chi connectivity index (χ0v) is 12.2. The third-order valence-electron chi connectivity index (χ3n) is 3.01. The van der Waals surface area contributed by atoms with Crippen molar-refractivity contribution in [3.63, 3.8) is 0 Å². The van der Waals surface area contributed by atoms with Crippen molar-refractivity contribution in [1.82, 2.24) is 5.32 Å². The minimum atomic E-state index is 0.455. The molecule has 0 spiro atoms. The van der Waals surface area contributed by atoms with Gasteiger partial charge in [-0.3, -0.25) is 0 Å². The monoisotopic (exact) mass is 227 g/mol. The van der Waals surface area contributed by atoms with E-state index in [1.54, 1.807) is 0 Å². The third-order valence-corrected chi connectivity index (χ3v) is 3.01. The summed E-state index contributed by atoms with van der Waals surface area (Å²) < 4.78 is 0. The molecular formula is C15H33N. The Kier molecular flexibility index (Phi) is 9.02. The summed E-state index contributed by atoms with van der Waals surface area (Å²) in [6.45, 7) is 12.6. The fraction of sp³-hybridized carbons (Fsp3) is 1.00. The van der Waals surface area contributed by atoms with Gasteiger partial charge >= 0.3 is 0 Å². The fourth-order valence-corrected chi connectivity index (χ4v) is 2.30. The van der Waals surface area contributed by atoms with Crippen molar-refractivity contribution in [2.45, 2.75) is 85.6 Å². The molecule has 0 heterocycles. The van der Waals surface area contributed by atoms with Gasteiger partial charge in [0.15, 0.2) is 0 Å². The fourth-order valence-electron chi connectivity index (χ4n) is 2.30. The molecule has 1 N–H and O–H groups in total. The zero-order valence-electron chi connectivity index (χ0n) is 12.2. The third kappa shape index (κ3) is 10.5. The van der Waals surface area contributed by atoms with E-state index < -0.39 is 0 Å². The maximum Gasteiger partial charge on any atom is 0.00719 e. The Morgan fingerprint density at radius 1 is 0.938 bits per heavy atom. The summed E-state index contributed by atoms with van der Waals surface area (Å²) >= 11 is 0. The van der Waals surface area contributed by atoms with Gasteiger partial charge in [0, 0.05) is 6.04 Å². The number of nitrogens with one attached hydrogen (secondary N) is 1. The standard InChI is InChI=1S/C15H33N/c1-6-8-9-10-11-12-14(16-7-2)13-15(3,4)5/h14,16H,6-13H2,1-5H3. The molecule has 0 saturated heterocycles. The van der Waals surface area contributed by atoms with Crippen molar-refractivity contribution in [1.29, 1.82) is 0 Å². The van der Waals surface area contributed by atoms with Crippen LogP contribution in [0, 0.1) is 5.41 Å². The zero-order chi connectivity index (χ0) is 12.4. The minimum absolute atomic E-state index is 0.455. The highest BCUT2D eigenvalue weighted by Crippen LogP contribution is 2.23. The van der Waals surface area contributed by atoms with Gasteiger partial charge in [-0.1, -0.05) is 66.7 Å². The topological polar surface area (TPSA) is 12.0 Å². The maximum absolute atomic E-state index is 3.63. The van der Waals surface area contributed by atoms with E-state index in [2.05, 4.69) is 39.9 Å². The van der Waals surface area contributed by atoms with E-state index in [0.717, 1.165) is 12.6 Å². The van der Waals surface area contributed by atoms with Gasteiger partial charge in [-0.05, 0) is 24.8 Å². The second kappa shape index (κ2) is 9.04. The molecule has 0 aliphatic rings. The second-order valence-corrected chi connectivity index (χ2v) is 6.22. The maximum atomic E-state index is 3.63. The van der Waals surface area contributed by atoms with Gasteiger partial charge < -0.3 is 5.32 Å². The molecule has 0 radical (unpaired) electrons. The summed E-state index contributed by atoms with van der Waals surface area (Å²) in [6.07, 6.45) is 9.64. The highest BCUT2D eigenvalue weighted by Gasteiger charge is 2.17. The van der Waals surface area contributed by atoms with Gasteiger partial charge in [0.2, 0.25) is 0 Å². The van der Waals surface area contributed by atoms with E-state index in [1.807, 2.05) is 0 Å². The number of hydrogen-bond acceptors (Lipinski definition) is 1. The summed E-state index contributed by atoms with van der Waals surface area (Å²) in [6, 6.07) is 0.728. The van der Waals surface area contributed by atoms with Gasteiger partial charge in [0.25, 0.3) is 0 Å². The number of unbranched alkanes of at least 4 members (excludes halogenated alkanes) is 4. The summed E-state index contributed by atoms with van der Waals surface area (Å²) in [5.74, 6) is 0. The Morgan fingerprint density at radius 3 is 2.06 bits per heavy atom. The lowest BCUT2D eigenvalue weighted by atomic mass is 9.86. The number of rotatable bonds is 9. The van der Waals surface area contributed by atoms with E-state index in [1.165, 1.54) is 44.9 Å². The molecule has 0 aromatic carbocycles. The predicted molar refractivity (Wildman–Crippen MR) is 74.9 cm³/mol. The van der Waals surface area contributed by atoms with Gasteiger partial charge in [0.1, 0.15) is 0 Å². The van der Waals surface area contributed by atoms with Crippen LogP contribution in [0.25, 0.3) is 0 Å². The first kappa shape index (κ1) is 16.0. The van der Waals surface area contributed by atoms with Crippen LogP contribution < -0.4 is 5.32 Å².